The quantitative estimate of drug-likeness (QED) is 0.394. The van der Waals surface area contributed by atoms with E-state index in [1.807, 2.05) is 48.7 Å². The number of sulfonamides is 1. The molecule has 4 aromatic rings. The van der Waals surface area contributed by atoms with Crippen molar-refractivity contribution in [2.75, 3.05) is 26.2 Å². The van der Waals surface area contributed by atoms with Crippen LogP contribution < -0.4 is 0 Å². The average molecular weight is 499 g/mol. The number of piperazine rings is 1. The zero-order valence-electron chi connectivity index (χ0n) is 18.1. The van der Waals surface area contributed by atoms with Gasteiger partial charge < -0.3 is 0 Å². The van der Waals surface area contributed by atoms with E-state index in [-0.39, 0.29) is 4.90 Å². The molecule has 0 bridgehead atoms. The number of nitrogens with zero attached hydrogens (tertiary/aromatic N) is 4. The van der Waals surface area contributed by atoms with E-state index < -0.39 is 10.0 Å². The number of para-hydroxylation sites is 1. The third kappa shape index (κ3) is 4.54. The van der Waals surface area contributed by atoms with Gasteiger partial charge in [0.1, 0.15) is 9.90 Å². The first-order valence-corrected chi connectivity index (χ1v) is 13.4. The maximum Gasteiger partial charge on any atom is 0.245 e. The molecule has 2 aromatic heterocycles. The first kappa shape index (κ1) is 22.4. The standard InChI is InChI=1S/C24H23ClN4O2S2/c1-17-13-18-5-4-8-22(23(18)26-14-17)33(30,31)29-11-9-28(10-12-29)15-19-16-32-24(27-19)20-6-2-3-7-21(20)25/h2-8,13-14,16H,9-12,15H2,1H3. The molecule has 170 valence electrons. The van der Waals surface area contributed by atoms with Crippen molar-refractivity contribution < 1.29 is 8.42 Å². The summed E-state index contributed by atoms with van der Waals surface area (Å²) in [5, 5.41) is 4.48. The van der Waals surface area contributed by atoms with Crippen molar-refractivity contribution in [3.8, 4) is 10.6 Å². The number of halogens is 1. The lowest BCUT2D eigenvalue weighted by Gasteiger charge is -2.33. The molecule has 0 radical (unpaired) electrons. The van der Waals surface area contributed by atoms with Crippen molar-refractivity contribution in [1.29, 1.82) is 0 Å². The van der Waals surface area contributed by atoms with Crippen LogP contribution in [0.3, 0.4) is 0 Å². The Kier molecular flexibility index (Phi) is 6.20. The third-order valence-corrected chi connectivity index (χ3v) is 8.99. The summed E-state index contributed by atoms with van der Waals surface area (Å²) in [4.78, 5) is 11.7. The van der Waals surface area contributed by atoms with E-state index in [0.717, 1.165) is 27.2 Å². The van der Waals surface area contributed by atoms with Crippen LogP contribution in [0.1, 0.15) is 11.3 Å². The Balaban J connectivity index is 1.28. The number of benzene rings is 2. The summed E-state index contributed by atoms with van der Waals surface area (Å²) in [6, 6.07) is 15.0. The highest BCUT2D eigenvalue weighted by molar-refractivity contribution is 7.89. The van der Waals surface area contributed by atoms with E-state index in [4.69, 9.17) is 16.6 Å². The highest BCUT2D eigenvalue weighted by Gasteiger charge is 2.30. The average Bonchev–Trinajstić information content (AvgIpc) is 3.27. The molecular formula is C24H23ClN4O2S2. The summed E-state index contributed by atoms with van der Waals surface area (Å²) < 4.78 is 28.3. The normalized spacial score (nSPS) is 15.8. The number of thiazole rings is 1. The highest BCUT2D eigenvalue weighted by atomic mass is 35.5. The first-order chi connectivity index (χ1) is 15.9. The maximum atomic E-state index is 13.4. The fraction of sp³-hybridized carbons (Fsp3) is 0.250. The molecule has 3 heterocycles. The van der Waals surface area contributed by atoms with Gasteiger partial charge in [-0.2, -0.15) is 4.31 Å². The Morgan fingerprint density at radius 1 is 1.06 bits per heavy atom. The van der Waals surface area contributed by atoms with E-state index in [2.05, 4.69) is 9.88 Å². The number of rotatable bonds is 5. The van der Waals surface area contributed by atoms with Gasteiger partial charge >= 0.3 is 0 Å². The molecular weight excluding hydrogens is 476 g/mol. The van der Waals surface area contributed by atoms with Crippen molar-refractivity contribution in [3.05, 3.63) is 76.4 Å². The van der Waals surface area contributed by atoms with Gasteiger partial charge in [0.25, 0.3) is 0 Å². The minimum atomic E-state index is -3.62. The second kappa shape index (κ2) is 9.12. The zero-order valence-corrected chi connectivity index (χ0v) is 20.5. The molecule has 1 saturated heterocycles. The van der Waals surface area contributed by atoms with Crippen molar-refractivity contribution in [2.45, 2.75) is 18.4 Å². The van der Waals surface area contributed by atoms with Gasteiger partial charge in [-0.25, -0.2) is 13.4 Å². The maximum absolute atomic E-state index is 13.4. The Morgan fingerprint density at radius 2 is 1.85 bits per heavy atom. The summed E-state index contributed by atoms with van der Waals surface area (Å²) in [6.45, 7) is 4.81. The molecule has 0 spiro atoms. The SMILES string of the molecule is Cc1cnc2c(S(=O)(=O)N3CCN(Cc4csc(-c5ccccc5Cl)n4)CC3)cccc2c1. The number of aryl methyl sites for hydroxylation is 1. The predicted octanol–water partition coefficient (Wildman–Crippen LogP) is 4.83. The van der Waals surface area contributed by atoms with Crippen molar-refractivity contribution in [2.24, 2.45) is 0 Å². The smallest absolute Gasteiger partial charge is 0.245 e. The molecule has 0 unspecified atom stereocenters. The summed E-state index contributed by atoms with van der Waals surface area (Å²) in [6.07, 6.45) is 1.71. The van der Waals surface area contributed by atoms with Gasteiger partial charge in [-0.15, -0.1) is 11.3 Å². The van der Waals surface area contributed by atoms with Gasteiger partial charge in [-0.1, -0.05) is 41.9 Å². The molecule has 1 fully saturated rings. The van der Waals surface area contributed by atoms with Crippen LogP contribution in [0, 0.1) is 6.92 Å². The minimum Gasteiger partial charge on any atom is -0.295 e. The third-order valence-electron chi connectivity index (χ3n) is 5.80. The van der Waals surface area contributed by atoms with Crippen LogP contribution in [0.15, 0.2) is 65.0 Å². The van der Waals surface area contributed by atoms with E-state index in [0.29, 0.717) is 43.3 Å². The van der Waals surface area contributed by atoms with Crippen LogP contribution in [-0.2, 0) is 16.6 Å². The zero-order chi connectivity index (χ0) is 23.0. The molecule has 0 atom stereocenters. The Bertz CT molecular complexity index is 1410. The van der Waals surface area contributed by atoms with Crippen LogP contribution in [-0.4, -0.2) is 53.8 Å². The molecule has 6 nitrogen and oxygen atoms in total. The van der Waals surface area contributed by atoms with Gasteiger partial charge in [0.2, 0.25) is 10.0 Å². The second-order valence-electron chi connectivity index (χ2n) is 8.14. The molecule has 33 heavy (non-hydrogen) atoms. The molecule has 5 rings (SSSR count). The molecule has 0 N–H and O–H groups in total. The summed E-state index contributed by atoms with van der Waals surface area (Å²) in [5.41, 5.74) is 3.44. The van der Waals surface area contributed by atoms with E-state index >= 15 is 0 Å². The van der Waals surface area contributed by atoms with Crippen LogP contribution in [0.2, 0.25) is 5.02 Å². The largest absolute Gasteiger partial charge is 0.295 e. The monoisotopic (exact) mass is 498 g/mol. The molecule has 2 aromatic carbocycles. The molecule has 0 aliphatic carbocycles. The Labute approximate surface area is 202 Å². The van der Waals surface area contributed by atoms with Crippen LogP contribution in [0.25, 0.3) is 21.5 Å². The number of pyridine rings is 1. The predicted molar refractivity (Wildman–Crippen MR) is 133 cm³/mol. The van der Waals surface area contributed by atoms with Crippen LogP contribution in [0.5, 0.6) is 0 Å². The summed E-state index contributed by atoms with van der Waals surface area (Å²) in [7, 11) is -3.62. The molecule has 0 amide bonds. The van der Waals surface area contributed by atoms with Gasteiger partial charge in [0.05, 0.1) is 16.2 Å². The minimum absolute atomic E-state index is 0.275. The molecule has 1 aliphatic heterocycles. The Hall–Kier alpha value is -2.36. The van der Waals surface area contributed by atoms with Crippen molar-refractivity contribution in [3.63, 3.8) is 0 Å². The van der Waals surface area contributed by atoms with Crippen molar-refractivity contribution in [1.82, 2.24) is 19.2 Å². The topological polar surface area (TPSA) is 66.4 Å². The molecule has 0 saturated carbocycles. The van der Waals surface area contributed by atoms with E-state index in [9.17, 15) is 8.42 Å². The van der Waals surface area contributed by atoms with Gasteiger partial charge in [0, 0.05) is 55.3 Å². The first-order valence-electron chi connectivity index (χ1n) is 10.7. The van der Waals surface area contributed by atoms with Gasteiger partial charge in [-0.3, -0.25) is 9.88 Å². The summed E-state index contributed by atoms with van der Waals surface area (Å²) >= 11 is 7.88. The molecule has 9 heteroatoms. The lowest BCUT2D eigenvalue weighted by molar-refractivity contribution is 0.180. The lowest BCUT2D eigenvalue weighted by atomic mass is 10.2. The fourth-order valence-corrected chi connectivity index (χ4v) is 6.80. The highest BCUT2D eigenvalue weighted by Crippen LogP contribution is 2.31. The van der Waals surface area contributed by atoms with Gasteiger partial charge in [-0.05, 0) is 30.7 Å². The molecule has 1 aliphatic rings. The number of fused-ring (bicyclic) bond motifs is 1. The lowest BCUT2D eigenvalue weighted by Crippen LogP contribution is -2.48. The van der Waals surface area contributed by atoms with E-state index in [1.165, 1.54) is 0 Å². The number of hydrogen-bond acceptors (Lipinski definition) is 6. The second-order valence-corrected chi connectivity index (χ2v) is 11.3. The Morgan fingerprint density at radius 3 is 2.64 bits per heavy atom. The van der Waals surface area contributed by atoms with Gasteiger partial charge in [0.15, 0.2) is 0 Å². The van der Waals surface area contributed by atoms with Crippen LogP contribution >= 0.6 is 22.9 Å². The summed E-state index contributed by atoms with van der Waals surface area (Å²) in [5.74, 6) is 0. The van der Waals surface area contributed by atoms with Crippen LogP contribution in [0.4, 0.5) is 0 Å². The number of hydrogen-bond donors (Lipinski definition) is 0. The number of aromatic nitrogens is 2. The van der Waals surface area contributed by atoms with E-state index in [1.54, 1.807) is 34.0 Å². The fourth-order valence-electron chi connectivity index (χ4n) is 4.09. The van der Waals surface area contributed by atoms with Crippen molar-refractivity contribution >= 4 is 43.9 Å².